The fourth-order valence-electron chi connectivity index (χ4n) is 5.95. The van der Waals surface area contributed by atoms with Gasteiger partial charge in [0.25, 0.3) is 0 Å². The van der Waals surface area contributed by atoms with E-state index in [1.54, 1.807) is 0 Å². The van der Waals surface area contributed by atoms with Gasteiger partial charge in [0.15, 0.2) is 6.29 Å². The number of rotatable bonds is 12. The minimum absolute atomic E-state index is 0.0394. The van der Waals surface area contributed by atoms with Crippen LogP contribution in [0.4, 0.5) is 0 Å². The number of ether oxygens (including phenoxy) is 4. The van der Waals surface area contributed by atoms with Gasteiger partial charge in [-0.1, -0.05) is 71.2 Å². The second-order valence-corrected chi connectivity index (χ2v) is 13.0. The van der Waals surface area contributed by atoms with Crippen LogP contribution in [0.1, 0.15) is 98.0 Å². The van der Waals surface area contributed by atoms with Gasteiger partial charge in [-0.25, -0.2) is 0 Å². The van der Waals surface area contributed by atoms with Gasteiger partial charge in [0.2, 0.25) is 0 Å². The van der Waals surface area contributed by atoms with Crippen molar-refractivity contribution in [2.75, 3.05) is 13.2 Å². The SMILES string of the molecule is CCC(C)(CC(C)(C)C)C(=O)Oc1ccc2cc(OC(C)OCCOc3ccc(C4CCCCC4)cc3)ccc2c1. The Morgan fingerprint density at radius 3 is 2.07 bits per heavy atom. The molecule has 2 unspecified atom stereocenters. The summed E-state index contributed by atoms with van der Waals surface area (Å²) in [5.74, 6) is 2.67. The van der Waals surface area contributed by atoms with Crippen LogP contribution in [0.3, 0.4) is 0 Å². The summed E-state index contributed by atoms with van der Waals surface area (Å²) in [5.41, 5.74) is 0.946. The van der Waals surface area contributed by atoms with Crippen molar-refractivity contribution in [3.8, 4) is 17.2 Å². The fraction of sp³-hybridized carbons (Fsp3) is 0.528. The number of hydrogen-bond donors (Lipinski definition) is 0. The van der Waals surface area contributed by atoms with Crippen molar-refractivity contribution in [1.29, 1.82) is 0 Å². The van der Waals surface area contributed by atoms with Crippen molar-refractivity contribution < 1.29 is 23.7 Å². The monoisotopic (exact) mass is 560 g/mol. The minimum Gasteiger partial charge on any atom is -0.491 e. The lowest BCUT2D eigenvalue weighted by Crippen LogP contribution is -2.35. The Labute approximate surface area is 246 Å². The van der Waals surface area contributed by atoms with Gasteiger partial charge < -0.3 is 18.9 Å². The highest BCUT2D eigenvalue weighted by atomic mass is 16.7. The van der Waals surface area contributed by atoms with Gasteiger partial charge in [0, 0.05) is 0 Å². The molecule has 0 bridgehead atoms. The van der Waals surface area contributed by atoms with E-state index in [1.165, 1.54) is 37.7 Å². The molecule has 0 heterocycles. The number of benzene rings is 3. The first-order valence-electron chi connectivity index (χ1n) is 15.3. The van der Waals surface area contributed by atoms with Gasteiger partial charge in [-0.2, -0.15) is 0 Å². The Hall–Kier alpha value is -3.05. The largest absolute Gasteiger partial charge is 0.491 e. The van der Waals surface area contributed by atoms with Crippen LogP contribution in [0.15, 0.2) is 60.7 Å². The van der Waals surface area contributed by atoms with E-state index in [2.05, 4.69) is 45.0 Å². The standard InChI is InChI=1S/C36H48O5/c1-7-36(6,25-35(3,4)5)34(37)41-33-20-16-29-23-32(19-15-30(29)24-33)40-26(2)38-21-22-39-31-17-13-28(14-18-31)27-11-9-8-10-12-27/h13-20,23-24,26-27H,7-12,21-22,25H2,1-6H3. The second kappa shape index (κ2) is 13.7. The maximum Gasteiger partial charge on any atom is 0.317 e. The lowest BCUT2D eigenvalue weighted by Gasteiger charge is -2.32. The van der Waals surface area contributed by atoms with E-state index < -0.39 is 11.7 Å². The molecule has 1 saturated carbocycles. The molecule has 0 amide bonds. The molecule has 3 aromatic carbocycles. The summed E-state index contributed by atoms with van der Waals surface area (Å²) in [6.07, 6.45) is 7.74. The van der Waals surface area contributed by atoms with Crippen LogP contribution in [0.2, 0.25) is 0 Å². The Balaban J connectivity index is 1.24. The lowest BCUT2D eigenvalue weighted by molar-refractivity contribution is -0.147. The Bertz CT molecular complexity index is 1270. The number of carbonyl (C=O) groups is 1. The third kappa shape index (κ3) is 8.97. The quantitative estimate of drug-likeness (QED) is 0.0955. The fourth-order valence-corrected chi connectivity index (χ4v) is 5.95. The Morgan fingerprint density at radius 1 is 0.829 bits per heavy atom. The molecule has 1 fully saturated rings. The number of carbonyl (C=O) groups excluding carboxylic acids is 1. The van der Waals surface area contributed by atoms with Crippen LogP contribution in [-0.4, -0.2) is 25.5 Å². The van der Waals surface area contributed by atoms with Crippen LogP contribution in [0.25, 0.3) is 10.8 Å². The van der Waals surface area contributed by atoms with Crippen molar-refractivity contribution in [3.05, 3.63) is 66.2 Å². The van der Waals surface area contributed by atoms with Crippen LogP contribution in [-0.2, 0) is 9.53 Å². The van der Waals surface area contributed by atoms with Crippen molar-refractivity contribution in [2.45, 2.75) is 98.7 Å². The summed E-state index contributed by atoms with van der Waals surface area (Å²) in [6, 6.07) is 20.1. The predicted octanol–water partition coefficient (Wildman–Crippen LogP) is 9.47. The summed E-state index contributed by atoms with van der Waals surface area (Å²) < 4.78 is 23.5. The highest BCUT2D eigenvalue weighted by Crippen LogP contribution is 2.38. The summed E-state index contributed by atoms with van der Waals surface area (Å²) >= 11 is 0. The van der Waals surface area contributed by atoms with E-state index in [-0.39, 0.29) is 11.4 Å². The smallest absolute Gasteiger partial charge is 0.317 e. The van der Waals surface area contributed by atoms with E-state index in [1.807, 2.05) is 57.2 Å². The highest BCUT2D eigenvalue weighted by Gasteiger charge is 2.37. The molecular weight excluding hydrogens is 512 g/mol. The zero-order chi connectivity index (χ0) is 29.5. The molecule has 0 N–H and O–H groups in total. The first kappa shape index (κ1) is 30.9. The lowest BCUT2D eigenvalue weighted by atomic mass is 9.73. The van der Waals surface area contributed by atoms with E-state index in [0.717, 1.165) is 35.1 Å². The summed E-state index contributed by atoms with van der Waals surface area (Å²) in [6.45, 7) is 13.3. The number of fused-ring (bicyclic) bond motifs is 1. The molecule has 2 atom stereocenters. The maximum absolute atomic E-state index is 13.1. The number of esters is 1. The number of hydrogen-bond acceptors (Lipinski definition) is 5. The van der Waals surface area contributed by atoms with E-state index >= 15 is 0 Å². The Kier molecular flexibility index (Phi) is 10.4. The van der Waals surface area contributed by atoms with Gasteiger partial charge in [0.05, 0.1) is 12.0 Å². The molecular formula is C36H48O5. The van der Waals surface area contributed by atoms with Crippen molar-refractivity contribution in [1.82, 2.24) is 0 Å². The topological polar surface area (TPSA) is 54.0 Å². The third-order valence-electron chi connectivity index (χ3n) is 8.15. The zero-order valence-corrected chi connectivity index (χ0v) is 25.8. The van der Waals surface area contributed by atoms with Crippen molar-refractivity contribution in [3.63, 3.8) is 0 Å². The van der Waals surface area contributed by atoms with Crippen LogP contribution < -0.4 is 14.2 Å². The molecule has 1 aliphatic rings. The van der Waals surface area contributed by atoms with Crippen LogP contribution in [0, 0.1) is 10.8 Å². The molecule has 5 heteroatoms. The molecule has 5 nitrogen and oxygen atoms in total. The first-order valence-corrected chi connectivity index (χ1v) is 15.3. The zero-order valence-electron chi connectivity index (χ0n) is 25.8. The van der Waals surface area contributed by atoms with Crippen LogP contribution >= 0.6 is 0 Å². The second-order valence-electron chi connectivity index (χ2n) is 13.0. The van der Waals surface area contributed by atoms with E-state index in [0.29, 0.717) is 24.9 Å². The van der Waals surface area contributed by atoms with Crippen LogP contribution in [0.5, 0.6) is 17.2 Å². The molecule has 0 saturated heterocycles. The van der Waals surface area contributed by atoms with Gasteiger partial charge in [0.1, 0.15) is 23.9 Å². The molecule has 41 heavy (non-hydrogen) atoms. The Morgan fingerprint density at radius 2 is 1.44 bits per heavy atom. The van der Waals surface area contributed by atoms with Gasteiger partial charge >= 0.3 is 5.97 Å². The molecule has 0 aliphatic heterocycles. The molecule has 4 rings (SSSR count). The summed E-state index contributed by atoms with van der Waals surface area (Å²) in [5, 5.41) is 1.98. The molecule has 0 radical (unpaired) electrons. The van der Waals surface area contributed by atoms with Crippen molar-refractivity contribution in [2.24, 2.45) is 10.8 Å². The molecule has 0 aromatic heterocycles. The first-order chi connectivity index (χ1) is 19.5. The van der Waals surface area contributed by atoms with Gasteiger partial charge in [-0.15, -0.1) is 0 Å². The van der Waals surface area contributed by atoms with E-state index in [9.17, 15) is 4.79 Å². The summed E-state index contributed by atoms with van der Waals surface area (Å²) in [7, 11) is 0. The van der Waals surface area contributed by atoms with Gasteiger partial charge in [-0.3, -0.25) is 4.79 Å². The maximum atomic E-state index is 13.1. The minimum atomic E-state index is -0.523. The summed E-state index contributed by atoms with van der Waals surface area (Å²) in [4.78, 5) is 13.1. The average Bonchev–Trinajstić information content (AvgIpc) is 2.95. The third-order valence-corrected chi connectivity index (χ3v) is 8.15. The molecule has 3 aromatic rings. The van der Waals surface area contributed by atoms with Gasteiger partial charge in [-0.05, 0) is 104 Å². The van der Waals surface area contributed by atoms with Crippen molar-refractivity contribution >= 4 is 16.7 Å². The van der Waals surface area contributed by atoms with E-state index in [4.69, 9.17) is 18.9 Å². The predicted molar refractivity (Wildman–Crippen MR) is 166 cm³/mol. The highest BCUT2D eigenvalue weighted by molar-refractivity contribution is 5.86. The normalized spacial score (nSPS) is 16.6. The average molecular weight is 561 g/mol. The molecule has 1 aliphatic carbocycles. The molecule has 222 valence electrons. The molecule has 0 spiro atoms.